The van der Waals surface area contributed by atoms with E-state index in [1.807, 2.05) is 0 Å². The first-order valence-electron chi connectivity index (χ1n) is 8.46. The number of benzene rings is 1. The van der Waals surface area contributed by atoms with Gasteiger partial charge in [-0.3, -0.25) is 4.90 Å². The third-order valence-corrected chi connectivity index (χ3v) is 4.74. The zero-order valence-electron chi connectivity index (χ0n) is 13.1. The van der Waals surface area contributed by atoms with Crippen molar-refractivity contribution in [1.82, 2.24) is 10.2 Å². The lowest BCUT2D eigenvalue weighted by atomic mass is 9.90. The van der Waals surface area contributed by atoms with Crippen LogP contribution in [-0.4, -0.2) is 37.1 Å². The van der Waals surface area contributed by atoms with Gasteiger partial charge >= 0.3 is 0 Å². The van der Waals surface area contributed by atoms with Gasteiger partial charge in [0.15, 0.2) is 0 Å². The van der Waals surface area contributed by atoms with Crippen molar-refractivity contribution in [2.45, 2.75) is 38.1 Å². The summed E-state index contributed by atoms with van der Waals surface area (Å²) in [7, 11) is 0. The van der Waals surface area contributed by atoms with Crippen LogP contribution in [-0.2, 0) is 6.42 Å². The molecule has 1 N–H and O–H groups in total. The summed E-state index contributed by atoms with van der Waals surface area (Å²) in [5.74, 6) is 0.863. The van der Waals surface area contributed by atoms with Gasteiger partial charge in [0, 0.05) is 19.1 Å². The van der Waals surface area contributed by atoms with Crippen LogP contribution in [0.2, 0.25) is 0 Å². The molecule has 0 radical (unpaired) electrons. The highest BCUT2D eigenvalue weighted by Crippen LogP contribution is 2.22. The van der Waals surface area contributed by atoms with Gasteiger partial charge in [0.1, 0.15) is 0 Å². The molecule has 1 aliphatic carbocycles. The Kier molecular flexibility index (Phi) is 5.10. The molecule has 3 rings (SSSR count). The van der Waals surface area contributed by atoms with Gasteiger partial charge < -0.3 is 5.32 Å². The van der Waals surface area contributed by atoms with E-state index in [0.29, 0.717) is 0 Å². The van der Waals surface area contributed by atoms with E-state index < -0.39 is 0 Å². The predicted octanol–water partition coefficient (Wildman–Crippen LogP) is 3.25. The van der Waals surface area contributed by atoms with Crippen LogP contribution in [0.25, 0.3) is 0 Å². The first-order valence-corrected chi connectivity index (χ1v) is 8.46. The zero-order valence-corrected chi connectivity index (χ0v) is 13.1. The Labute approximate surface area is 129 Å². The molecular formula is C19H28N2. The van der Waals surface area contributed by atoms with Gasteiger partial charge in [0.2, 0.25) is 0 Å². The number of nitrogens with one attached hydrogen (secondary N) is 1. The molecule has 114 valence electrons. The summed E-state index contributed by atoms with van der Waals surface area (Å²) in [6.07, 6.45) is 6.63. The van der Waals surface area contributed by atoms with Crippen LogP contribution in [0.4, 0.5) is 0 Å². The van der Waals surface area contributed by atoms with E-state index in [2.05, 4.69) is 47.1 Å². The molecule has 1 aromatic rings. The number of likely N-dealkylation sites (tertiary alicyclic amines) is 1. The Morgan fingerprint density at radius 3 is 2.48 bits per heavy atom. The van der Waals surface area contributed by atoms with E-state index in [-0.39, 0.29) is 0 Å². The molecule has 2 nitrogen and oxygen atoms in total. The minimum absolute atomic E-state index is 0.790. The van der Waals surface area contributed by atoms with Crippen molar-refractivity contribution < 1.29 is 0 Å². The van der Waals surface area contributed by atoms with Gasteiger partial charge in [-0.25, -0.2) is 0 Å². The monoisotopic (exact) mass is 284 g/mol. The maximum atomic E-state index is 4.23. The summed E-state index contributed by atoms with van der Waals surface area (Å²) in [6.45, 7) is 8.79. The fourth-order valence-electron chi connectivity index (χ4n) is 3.24. The van der Waals surface area contributed by atoms with Crippen molar-refractivity contribution in [2.24, 2.45) is 5.92 Å². The van der Waals surface area contributed by atoms with Crippen LogP contribution in [0.1, 0.15) is 31.2 Å². The van der Waals surface area contributed by atoms with Crippen LogP contribution >= 0.6 is 0 Å². The molecule has 2 heteroatoms. The molecule has 0 aromatic heterocycles. The zero-order chi connectivity index (χ0) is 14.5. The molecule has 1 heterocycles. The van der Waals surface area contributed by atoms with E-state index in [1.54, 1.807) is 0 Å². The minimum Gasteiger partial charge on any atom is -0.310 e. The lowest BCUT2D eigenvalue weighted by molar-refractivity contribution is 0.196. The smallest absolute Gasteiger partial charge is 0.0202 e. The topological polar surface area (TPSA) is 15.3 Å². The first-order chi connectivity index (χ1) is 10.3. The van der Waals surface area contributed by atoms with Gasteiger partial charge in [-0.2, -0.15) is 0 Å². The van der Waals surface area contributed by atoms with Crippen molar-refractivity contribution in [3.8, 4) is 0 Å². The Bertz CT molecular complexity index is 442. The molecule has 0 spiro atoms. The van der Waals surface area contributed by atoms with Crippen molar-refractivity contribution in [1.29, 1.82) is 0 Å². The third kappa shape index (κ3) is 4.98. The Hall–Kier alpha value is -1.12. The molecule has 0 amide bonds. The first kappa shape index (κ1) is 14.8. The maximum Gasteiger partial charge on any atom is 0.0202 e. The number of rotatable bonds is 7. The summed E-state index contributed by atoms with van der Waals surface area (Å²) in [5.41, 5.74) is 2.84. The lowest BCUT2D eigenvalue weighted by Gasteiger charge is -2.32. The minimum atomic E-state index is 0.790. The van der Waals surface area contributed by atoms with Crippen molar-refractivity contribution >= 4 is 0 Å². The Morgan fingerprint density at radius 2 is 1.81 bits per heavy atom. The highest BCUT2D eigenvalue weighted by molar-refractivity contribution is 5.15. The normalized spacial score (nSPS) is 20.6. The molecule has 1 saturated heterocycles. The summed E-state index contributed by atoms with van der Waals surface area (Å²) in [6, 6.07) is 11.7. The number of hydrogen-bond donors (Lipinski definition) is 1. The van der Waals surface area contributed by atoms with Crippen molar-refractivity contribution in [3.63, 3.8) is 0 Å². The number of nitrogens with zero attached hydrogens (tertiary/aromatic N) is 1. The van der Waals surface area contributed by atoms with E-state index >= 15 is 0 Å². The van der Waals surface area contributed by atoms with Crippen LogP contribution in [0.15, 0.2) is 42.5 Å². The quantitative estimate of drug-likeness (QED) is 0.773. The van der Waals surface area contributed by atoms with E-state index in [0.717, 1.165) is 25.0 Å². The molecular weight excluding hydrogens is 256 g/mol. The lowest BCUT2D eigenvalue weighted by Crippen LogP contribution is -2.37. The van der Waals surface area contributed by atoms with Crippen LogP contribution in [0.5, 0.6) is 0 Å². The average molecular weight is 284 g/mol. The van der Waals surface area contributed by atoms with E-state index in [4.69, 9.17) is 0 Å². The van der Waals surface area contributed by atoms with Crippen LogP contribution < -0.4 is 5.32 Å². The summed E-state index contributed by atoms with van der Waals surface area (Å²) in [4.78, 5) is 2.58. The van der Waals surface area contributed by atoms with E-state index in [1.165, 1.54) is 56.3 Å². The molecule has 0 unspecified atom stereocenters. The highest BCUT2D eigenvalue weighted by Gasteiger charge is 2.22. The van der Waals surface area contributed by atoms with Crippen LogP contribution in [0, 0.1) is 5.92 Å². The van der Waals surface area contributed by atoms with Gasteiger partial charge in [0.05, 0.1) is 0 Å². The van der Waals surface area contributed by atoms with Gasteiger partial charge in [-0.1, -0.05) is 36.9 Å². The number of hydrogen-bond acceptors (Lipinski definition) is 2. The fraction of sp³-hybridized carbons (Fsp3) is 0.579. The third-order valence-electron chi connectivity index (χ3n) is 4.74. The van der Waals surface area contributed by atoms with Gasteiger partial charge in [0.25, 0.3) is 0 Å². The predicted molar refractivity (Wildman–Crippen MR) is 89.5 cm³/mol. The largest absolute Gasteiger partial charge is 0.310 e. The second-order valence-electron chi connectivity index (χ2n) is 6.81. The van der Waals surface area contributed by atoms with Crippen LogP contribution in [0.3, 0.4) is 0 Å². The molecule has 21 heavy (non-hydrogen) atoms. The summed E-state index contributed by atoms with van der Waals surface area (Å²) in [5, 5.41) is 3.56. The average Bonchev–Trinajstić information content (AvgIpc) is 3.33. The molecule has 1 saturated carbocycles. The highest BCUT2D eigenvalue weighted by atomic mass is 15.1. The molecule has 1 aliphatic heterocycles. The van der Waals surface area contributed by atoms with Gasteiger partial charge in [-0.15, -0.1) is 0 Å². The SMILES string of the molecule is C=C(CNC1CC1)CN1CCC(Cc2ccccc2)CC1. The Balaban J connectivity index is 1.35. The Morgan fingerprint density at radius 1 is 1.10 bits per heavy atom. The molecule has 0 atom stereocenters. The fourth-order valence-corrected chi connectivity index (χ4v) is 3.24. The molecule has 2 fully saturated rings. The second kappa shape index (κ2) is 7.24. The summed E-state index contributed by atoms with van der Waals surface area (Å²) < 4.78 is 0. The standard InChI is InChI=1S/C19H28N2/c1-16(14-20-19-7-8-19)15-21-11-9-18(10-12-21)13-17-5-3-2-4-6-17/h2-6,18-20H,1,7-15H2. The molecule has 0 bridgehead atoms. The van der Waals surface area contributed by atoms with Crippen molar-refractivity contribution in [3.05, 3.63) is 48.0 Å². The molecule has 1 aromatic carbocycles. The maximum absolute atomic E-state index is 4.23. The molecule has 2 aliphatic rings. The van der Waals surface area contributed by atoms with E-state index in [9.17, 15) is 0 Å². The second-order valence-corrected chi connectivity index (χ2v) is 6.81. The summed E-state index contributed by atoms with van der Waals surface area (Å²) >= 11 is 0. The van der Waals surface area contributed by atoms with Gasteiger partial charge in [-0.05, 0) is 62.2 Å². The van der Waals surface area contributed by atoms with Crippen molar-refractivity contribution in [2.75, 3.05) is 26.2 Å². The number of piperidine rings is 1.